The summed E-state index contributed by atoms with van der Waals surface area (Å²) in [5.41, 5.74) is 2.03. The van der Waals surface area contributed by atoms with Crippen LogP contribution < -0.4 is 4.90 Å². The first-order valence-electron chi connectivity index (χ1n) is 11.1. The van der Waals surface area contributed by atoms with Gasteiger partial charge in [-0.05, 0) is 49.9 Å². The number of carbonyl (C=O) groups is 3. The van der Waals surface area contributed by atoms with Crippen molar-refractivity contribution in [3.8, 4) is 0 Å². The third kappa shape index (κ3) is 5.81. The molecule has 0 saturated carbocycles. The molecule has 4 heterocycles. The van der Waals surface area contributed by atoms with Crippen molar-refractivity contribution >= 4 is 34.8 Å². The molecule has 2 aromatic rings. The van der Waals surface area contributed by atoms with Crippen LogP contribution in [0.2, 0.25) is 0 Å². The van der Waals surface area contributed by atoms with Crippen LogP contribution in [0.5, 0.6) is 0 Å². The largest absolute Gasteiger partial charge is 0.490 e. The van der Waals surface area contributed by atoms with E-state index in [1.807, 2.05) is 45.7 Å². The molecule has 0 unspecified atom stereocenters. The van der Waals surface area contributed by atoms with Crippen molar-refractivity contribution in [1.82, 2.24) is 14.8 Å². The molecule has 190 valence electrons. The van der Waals surface area contributed by atoms with Crippen molar-refractivity contribution in [2.24, 2.45) is 0 Å². The van der Waals surface area contributed by atoms with Gasteiger partial charge in [0.1, 0.15) is 5.54 Å². The van der Waals surface area contributed by atoms with Gasteiger partial charge in [0.15, 0.2) is 0 Å². The smallest absolute Gasteiger partial charge is 0.475 e. The van der Waals surface area contributed by atoms with Crippen LogP contribution in [0.3, 0.4) is 0 Å². The van der Waals surface area contributed by atoms with Crippen molar-refractivity contribution in [2.75, 3.05) is 37.6 Å². The van der Waals surface area contributed by atoms with E-state index in [0.717, 1.165) is 30.0 Å². The number of likely N-dealkylation sites (tertiary alicyclic amines) is 1. The van der Waals surface area contributed by atoms with Gasteiger partial charge in [0.2, 0.25) is 5.91 Å². The first kappa shape index (κ1) is 26.6. The summed E-state index contributed by atoms with van der Waals surface area (Å²) in [4.78, 5) is 45.7. The van der Waals surface area contributed by atoms with Gasteiger partial charge in [-0.15, -0.1) is 0 Å². The highest BCUT2D eigenvalue weighted by molar-refractivity contribution is 7.08. The van der Waals surface area contributed by atoms with Crippen molar-refractivity contribution in [2.45, 2.75) is 38.4 Å². The number of hydrogen-bond acceptors (Lipinski definition) is 6. The highest BCUT2D eigenvalue weighted by Gasteiger charge is 2.51. The van der Waals surface area contributed by atoms with Gasteiger partial charge in [0, 0.05) is 37.3 Å². The van der Waals surface area contributed by atoms with E-state index in [1.54, 1.807) is 6.20 Å². The molecule has 2 aliphatic rings. The second-order valence-corrected chi connectivity index (χ2v) is 9.11. The van der Waals surface area contributed by atoms with Crippen molar-refractivity contribution in [3.63, 3.8) is 0 Å². The molecule has 2 aromatic heterocycles. The van der Waals surface area contributed by atoms with Crippen molar-refractivity contribution in [3.05, 3.63) is 46.4 Å². The SMILES string of the molecule is CCN1CCN(c2ccc(C)nc2)C(=O)C12CCN(C(=O)c1ccsc1)CC2.O=C(O)C(F)(F)F. The molecule has 0 bridgehead atoms. The van der Waals surface area contributed by atoms with Gasteiger partial charge in [0.05, 0.1) is 17.4 Å². The molecule has 35 heavy (non-hydrogen) atoms. The molecule has 4 rings (SSSR count). The predicted octanol–water partition coefficient (Wildman–Crippen LogP) is 3.43. The van der Waals surface area contributed by atoms with Gasteiger partial charge in [0.25, 0.3) is 5.91 Å². The van der Waals surface area contributed by atoms with Crippen LogP contribution in [-0.4, -0.2) is 82.1 Å². The first-order chi connectivity index (χ1) is 16.5. The van der Waals surface area contributed by atoms with Gasteiger partial charge in [-0.1, -0.05) is 6.92 Å². The highest BCUT2D eigenvalue weighted by Crippen LogP contribution is 2.36. The number of aromatic nitrogens is 1. The van der Waals surface area contributed by atoms with Crippen LogP contribution in [0, 0.1) is 6.92 Å². The van der Waals surface area contributed by atoms with E-state index in [1.165, 1.54) is 11.3 Å². The summed E-state index contributed by atoms with van der Waals surface area (Å²) >= 11 is 1.53. The lowest BCUT2D eigenvalue weighted by atomic mass is 9.82. The number of pyridine rings is 1. The Labute approximate surface area is 205 Å². The topological polar surface area (TPSA) is 94.0 Å². The highest BCUT2D eigenvalue weighted by atomic mass is 32.1. The van der Waals surface area contributed by atoms with E-state index in [-0.39, 0.29) is 11.8 Å². The van der Waals surface area contributed by atoms with E-state index >= 15 is 0 Å². The molecule has 2 fully saturated rings. The molecule has 8 nitrogen and oxygen atoms in total. The first-order valence-corrected chi connectivity index (χ1v) is 12.0. The number of amides is 2. The summed E-state index contributed by atoms with van der Waals surface area (Å²) in [7, 11) is 0. The number of halogens is 3. The van der Waals surface area contributed by atoms with Crippen LogP contribution in [0.1, 0.15) is 35.8 Å². The van der Waals surface area contributed by atoms with Crippen LogP contribution in [0.25, 0.3) is 0 Å². The summed E-state index contributed by atoms with van der Waals surface area (Å²) in [6, 6.07) is 5.79. The lowest BCUT2D eigenvalue weighted by Crippen LogP contribution is -2.69. The van der Waals surface area contributed by atoms with Crippen LogP contribution >= 0.6 is 11.3 Å². The maximum atomic E-state index is 13.6. The molecular formula is C23H27F3N4O4S. The molecule has 2 saturated heterocycles. The number of nitrogens with zero attached hydrogens (tertiary/aromatic N) is 4. The van der Waals surface area contributed by atoms with Crippen LogP contribution in [0.4, 0.5) is 18.9 Å². The zero-order valence-corrected chi connectivity index (χ0v) is 20.2. The Hall–Kier alpha value is -2.99. The van der Waals surface area contributed by atoms with Crippen molar-refractivity contribution < 1.29 is 32.7 Å². The summed E-state index contributed by atoms with van der Waals surface area (Å²) in [5.74, 6) is -2.54. The Balaban J connectivity index is 0.000000429. The maximum Gasteiger partial charge on any atom is 0.490 e. The average Bonchev–Trinajstić information content (AvgIpc) is 3.36. The zero-order valence-electron chi connectivity index (χ0n) is 19.4. The van der Waals surface area contributed by atoms with E-state index in [2.05, 4.69) is 16.8 Å². The van der Waals surface area contributed by atoms with Gasteiger partial charge >= 0.3 is 12.1 Å². The molecule has 0 aliphatic carbocycles. The molecule has 1 N–H and O–H groups in total. The van der Waals surface area contributed by atoms with Gasteiger partial charge in [-0.3, -0.25) is 19.5 Å². The summed E-state index contributed by atoms with van der Waals surface area (Å²) < 4.78 is 31.7. The number of carboxylic acids is 1. The summed E-state index contributed by atoms with van der Waals surface area (Å²) in [6.07, 6.45) is -1.95. The fourth-order valence-electron chi connectivity index (χ4n) is 4.43. The summed E-state index contributed by atoms with van der Waals surface area (Å²) in [5, 5.41) is 10.9. The number of hydrogen-bond donors (Lipinski definition) is 1. The monoisotopic (exact) mass is 512 g/mol. The number of piperidine rings is 1. The third-order valence-corrected chi connectivity index (χ3v) is 7.00. The lowest BCUT2D eigenvalue weighted by Gasteiger charge is -2.52. The Morgan fingerprint density at radius 1 is 1.14 bits per heavy atom. The average molecular weight is 513 g/mol. The lowest BCUT2D eigenvalue weighted by molar-refractivity contribution is -0.192. The van der Waals surface area contributed by atoms with E-state index < -0.39 is 17.7 Å². The second-order valence-electron chi connectivity index (χ2n) is 8.33. The van der Waals surface area contributed by atoms with Crippen molar-refractivity contribution in [1.29, 1.82) is 0 Å². The predicted molar refractivity (Wildman–Crippen MR) is 124 cm³/mol. The minimum atomic E-state index is -5.08. The number of thiophene rings is 1. The van der Waals surface area contributed by atoms with Gasteiger partial charge in [-0.2, -0.15) is 24.5 Å². The van der Waals surface area contributed by atoms with Gasteiger partial charge in [-0.25, -0.2) is 4.79 Å². The maximum absolute atomic E-state index is 13.6. The molecule has 2 aliphatic heterocycles. The molecule has 2 amide bonds. The van der Waals surface area contributed by atoms with E-state index in [0.29, 0.717) is 32.5 Å². The number of alkyl halides is 3. The number of aryl methyl sites for hydroxylation is 1. The number of aliphatic carboxylic acids is 1. The Morgan fingerprint density at radius 3 is 2.29 bits per heavy atom. The Morgan fingerprint density at radius 2 is 1.80 bits per heavy atom. The quantitative estimate of drug-likeness (QED) is 0.678. The third-order valence-electron chi connectivity index (χ3n) is 6.32. The standard InChI is InChI=1S/C21H26N4O2S.C2HF3O2/c1-3-24-11-12-25(18-5-4-16(2)22-14-18)20(27)21(24)7-9-23(10-8-21)19(26)17-6-13-28-15-17;3-2(4,5)1(6)7/h4-6,13-15H,3,7-12H2,1-2H3;(H,6,7). The number of carbonyl (C=O) groups excluding carboxylic acids is 2. The number of likely N-dealkylation sites (N-methyl/N-ethyl adjacent to an activating group) is 1. The zero-order chi connectivity index (χ0) is 25.8. The normalized spacial score (nSPS) is 18.3. The van der Waals surface area contributed by atoms with Crippen LogP contribution in [0.15, 0.2) is 35.2 Å². The van der Waals surface area contributed by atoms with Gasteiger partial charge < -0.3 is 14.9 Å². The second kappa shape index (κ2) is 10.7. The minimum absolute atomic E-state index is 0.0713. The molecule has 12 heteroatoms. The molecule has 0 radical (unpaired) electrons. The molecule has 1 spiro atoms. The van der Waals surface area contributed by atoms with E-state index in [4.69, 9.17) is 9.90 Å². The van der Waals surface area contributed by atoms with Crippen LogP contribution in [-0.2, 0) is 9.59 Å². The molecular weight excluding hydrogens is 485 g/mol. The number of carboxylic acid groups (broad SMARTS) is 1. The number of rotatable bonds is 3. The summed E-state index contributed by atoms with van der Waals surface area (Å²) in [6.45, 7) is 7.63. The molecule has 0 atom stereocenters. The Kier molecular flexibility index (Phi) is 8.16. The number of piperazine rings is 1. The van der Waals surface area contributed by atoms with E-state index in [9.17, 15) is 22.8 Å². The fraction of sp³-hybridized carbons (Fsp3) is 0.478. The Bertz CT molecular complexity index is 1040. The minimum Gasteiger partial charge on any atom is -0.475 e. The fourth-order valence-corrected chi connectivity index (χ4v) is 5.06. The number of anilines is 1. The molecule has 0 aromatic carbocycles.